The van der Waals surface area contributed by atoms with Crippen LogP contribution >= 0.6 is 0 Å². The van der Waals surface area contributed by atoms with Crippen molar-refractivity contribution in [3.63, 3.8) is 0 Å². The molecule has 1 heterocycles. The van der Waals surface area contributed by atoms with E-state index in [-0.39, 0.29) is 0 Å². The summed E-state index contributed by atoms with van der Waals surface area (Å²) in [5, 5.41) is 21.6. The molecule has 4 heteroatoms. The zero-order valence-electron chi connectivity index (χ0n) is 15.5. The van der Waals surface area contributed by atoms with Gasteiger partial charge in [-0.3, -0.25) is 4.79 Å². The van der Waals surface area contributed by atoms with E-state index in [2.05, 4.69) is 0 Å². The molecule has 3 rings (SSSR count). The molecule has 1 saturated heterocycles. The molecule has 26 heavy (non-hydrogen) atoms. The Morgan fingerprint density at radius 1 is 1.00 bits per heavy atom. The number of ether oxygens (including phenoxy) is 1. The van der Waals surface area contributed by atoms with Crippen molar-refractivity contribution in [2.45, 2.75) is 50.4 Å². The zero-order chi connectivity index (χ0) is 19.0. The van der Waals surface area contributed by atoms with E-state index in [1.54, 1.807) is 13.8 Å². The Balaban J connectivity index is 2.13. The van der Waals surface area contributed by atoms with Crippen molar-refractivity contribution in [2.24, 2.45) is 5.92 Å². The molecule has 4 nitrogen and oxygen atoms in total. The molecular formula is C22H26O4. The van der Waals surface area contributed by atoms with E-state index in [0.717, 1.165) is 11.1 Å². The first-order chi connectivity index (χ1) is 12.2. The molecule has 0 unspecified atom stereocenters. The number of aliphatic hydroxyl groups is 1. The molecule has 138 valence electrons. The lowest BCUT2D eigenvalue weighted by Crippen LogP contribution is -2.61. The number of benzene rings is 2. The maximum atomic E-state index is 12.0. The van der Waals surface area contributed by atoms with E-state index in [1.165, 1.54) is 0 Å². The molecule has 0 saturated carbocycles. The fourth-order valence-corrected chi connectivity index (χ4v) is 4.28. The lowest BCUT2D eigenvalue weighted by atomic mass is 9.67. The minimum absolute atomic E-state index is 0.438. The molecule has 2 aromatic carbocycles. The van der Waals surface area contributed by atoms with Crippen molar-refractivity contribution in [1.29, 1.82) is 0 Å². The van der Waals surface area contributed by atoms with Crippen molar-refractivity contribution in [3.8, 4) is 0 Å². The number of hydrogen-bond donors (Lipinski definition) is 2. The summed E-state index contributed by atoms with van der Waals surface area (Å²) in [7, 11) is 0. The summed E-state index contributed by atoms with van der Waals surface area (Å²) < 4.78 is 6.38. The molecule has 0 amide bonds. The summed E-state index contributed by atoms with van der Waals surface area (Å²) >= 11 is 0. The molecule has 2 atom stereocenters. The number of carboxylic acids is 1. The van der Waals surface area contributed by atoms with Crippen LogP contribution in [0.1, 0.15) is 44.7 Å². The Kier molecular flexibility index (Phi) is 4.67. The van der Waals surface area contributed by atoms with Gasteiger partial charge in [0.25, 0.3) is 0 Å². The second-order valence-electron chi connectivity index (χ2n) is 7.81. The van der Waals surface area contributed by atoms with Crippen molar-refractivity contribution < 1.29 is 19.7 Å². The first-order valence-electron chi connectivity index (χ1n) is 8.97. The second kappa shape index (κ2) is 6.53. The molecule has 2 N–H and O–H groups in total. The van der Waals surface area contributed by atoms with Gasteiger partial charge in [-0.1, -0.05) is 60.7 Å². The molecule has 1 aliphatic heterocycles. The lowest BCUT2D eigenvalue weighted by molar-refractivity contribution is -0.257. The van der Waals surface area contributed by atoms with Gasteiger partial charge >= 0.3 is 5.97 Å². The van der Waals surface area contributed by atoms with Crippen molar-refractivity contribution in [1.82, 2.24) is 0 Å². The highest BCUT2D eigenvalue weighted by Gasteiger charge is 2.57. The molecule has 0 spiro atoms. The predicted octanol–water partition coefficient (Wildman–Crippen LogP) is 3.97. The molecule has 0 radical (unpaired) electrons. The Bertz CT molecular complexity index is 730. The van der Waals surface area contributed by atoms with E-state index in [0.29, 0.717) is 12.8 Å². The van der Waals surface area contributed by atoms with Crippen LogP contribution in [0.5, 0.6) is 0 Å². The number of rotatable bonds is 4. The van der Waals surface area contributed by atoms with Crippen LogP contribution in [0.25, 0.3) is 0 Å². The third-order valence-corrected chi connectivity index (χ3v) is 5.68. The van der Waals surface area contributed by atoms with E-state index in [9.17, 15) is 15.0 Å². The van der Waals surface area contributed by atoms with Crippen LogP contribution in [0.4, 0.5) is 0 Å². The summed E-state index contributed by atoms with van der Waals surface area (Å²) in [6.07, 6.45) is 0.883. The third-order valence-electron chi connectivity index (χ3n) is 5.68. The molecule has 2 aromatic rings. The molecule has 1 fully saturated rings. The van der Waals surface area contributed by atoms with Crippen molar-refractivity contribution in [2.75, 3.05) is 0 Å². The van der Waals surface area contributed by atoms with Gasteiger partial charge in [0.15, 0.2) is 0 Å². The number of carbonyl (C=O) groups is 1. The van der Waals surface area contributed by atoms with E-state index in [1.807, 2.05) is 67.6 Å². The number of aliphatic carboxylic acids is 1. The second-order valence-corrected chi connectivity index (χ2v) is 7.81. The maximum absolute atomic E-state index is 12.0. The topological polar surface area (TPSA) is 66.8 Å². The van der Waals surface area contributed by atoms with Gasteiger partial charge < -0.3 is 14.9 Å². The van der Waals surface area contributed by atoms with Crippen LogP contribution in [0, 0.1) is 5.92 Å². The summed E-state index contributed by atoms with van der Waals surface area (Å²) in [6.45, 7) is 5.46. The zero-order valence-corrected chi connectivity index (χ0v) is 15.5. The van der Waals surface area contributed by atoms with Gasteiger partial charge in [0.1, 0.15) is 11.2 Å². The minimum Gasteiger partial charge on any atom is -0.481 e. The molecule has 0 aromatic heterocycles. The number of hydrogen-bond acceptors (Lipinski definition) is 3. The van der Waals surface area contributed by atoms with Crippen LogP contribution in [0.15, 0.2) is 60.7 Å². The minimum atomic E-state index is -1.39. The Hall–Kier alpha value is -2.17. The van der Waals surface area contributed by atoms with E-state index >= 15 is 0 Å². The van der Waals surface area contributed by atoms with Gasteiger partial charge in [-0.2, -0.15) is 0 Å². The third kappa shape index (κ3) is 2.93. The standard InChI is InChI=1S/C22H26O4/c1-20(2)18(19(23)24)14-15-21(3,26-20)22(25,16-10-6-4-7-11-16)17-12-8-5-9-13-17/h4-13,18,25H,14-15H2,1-3H3,(H,23,24)/t18-,21+/m1/s1. The Morgan fingerprint density at radius 3 is 1.85 bits per heavy atom. The average Bonchev–Trinajstić information content (AvgIpc) is 2.61. The maximum Gasteiger partial charge on any atom is 0.309 e. The van der Waals surface area contributed by atoms with E-state index in [4.69, 9.17) is 4.74 Å². The van der Waals surface area contributed by atoms with Crippen LogP contribution < -0.4 is 0 Å². The lowest BCUT2D eigenvalue weighted by Gasteiger charge is -2.54. The molecule has 1 aliphatic rings. The summed E-state index contributed by atoms with van der Waals surface area (Å²) in [5.41, 5.74) is -1.78. The van der Waals surface area contributed by atoms with E-state index < -0.39 is 28.7 Å². The molecule has 0 bridgehead atoms. The van der Waals surface area contributed by atoms with Gasteiger partial charge in [-0.05, 0) is 44.7 Å². The van der Waals surface area contributed by atoms with Gasteiger partial charge in [-0.15, -0.1) is 0 Å². The van der Waals surface area contributed by atoms with Gasteiger partial charge in [0, 0.05) is 0 Å². The Morgan fingerprint density at radius 2 is 1.46 bits per heavy atom. The number of carboxylic acid groups (broad SMARTS) is 1. The summed E-state index contributed by atoms with van der Waals surface area (Å²) in [6, 6.07) is 18.9. The molecular weight excluding hydrogens is 328 g/mol. The van der Waals surface area contributed by atoms with Crippen molar-refractivity contribution in [3.05, 3.63) is 71.8 Å². The highest BCUT2D eigenvalue weighted by molar-refractivity contribution is 5.71. The highest BCUT2D eigenvalue weighted by atomic mass is 16.5. The predicted molar refractivity (Wildman–Crippen MR) is 99.8 cm³/mol. The Labute approximate surface area is 154 Å². The first kappa shape index (κ1) is 18.6. The first-order valence-corrected chi connectivity index (χ1v) is 8.97. The van der Waals surface area contributed by atoms with Crippen LogP contribution in [-0.2, 0) is 15.1 Å². The SMILES string of the molecule is CC1(C)O[C@](C)(C(O)(c2ccccc2)c2ccccc2)CC[C@@H]1C(=O)O. The van der Waals surface area contributed by atoms with Crippen molar-refractivity contribution >= 4 is 5.97 Å². The highest BCUT2D eigenvalue weighted by Crippen LogP contribution is 2.51. The van der Waals surface area contributed by atoms with Gasteiger partial charge in [0.05, 0.1) is 11.5 Å². The smallest absolute Gasteiger partial charge is 0.309 e. The summed E-state index contributed by atoms with van der Waals surface area (Å²) in [5.74, 6) is -1.47. The fraction of sp³-hybridized carbons (Fsp3) is 0.409. The summed E-state index contributed by atoms with van der Waals surface area (Å²) in [4.78, 5) is 11.6. The van der Waals surface area contributed by atoms with Gasteiger partial charge in [-0.25, -0.2) is 0 Å². The van der Waals surface area contributed by atoms with Crippen LogP contribution in [-0.4, -0.2) is 27.4 Å². The van der Waals surface area contributed by atoms with Crippen LogP contribution in [0.3, 0.4) is 0 Å². The largest absolute Gasteiger partial charge is 0.481 e. The molecule has 0 aliphatic carbocycles. The van der Waals surface area contributed by atoms with Gasteiger partial charge in [0.2, 0.25) is 0 Å². The fourth-order valence-electron chi connectivity index (χ4n) is 4.28. The quantitative estimate of drug-likeness (QED) is 0.872. The normalized spacial score (nSPS) is 25.6. The monoisotopic (exact) mass is 354 g/mol. The van der Waals surface area contributed by atoms with Crippen LogP contribution in [0.2, 0.25) is 0 Å². The average molecular weight is 354 g/mol.